The Hall–Kier alpha value is -3.52. The van der Waals surface area contributed by atoms with E-state index >= 15 is 0 Å². The van der Waals surface area contributed by atoms with Gasteiger partial charge in [0.1, 0.15) is 18.2 Å². The van der Waals surface area contributed by atoms with E-state index in [1.165, 1.54) is 17.0 Å². The van der Waals surface area contributed by atoms with Crippen molar-refractivity contribution in [1.82, 2.24) is 9.55 Å². The second kappa shape index (κ2) is 9.26. The molecule has 3 aromatic carbocycles. The number of rotatable bonds is 6. The van der Waals surface area contributed by atoms with Crippen molar-refractivity contribution in [3.63, 3.8) is 0 Å². The maximum atomic E-state index is 13.2. The van der Waals surface area contributed by atoms with Crippen LogP contribution in [0.1, 0.15) is 23.7 Å². The minimum Gasteiger partial charge on any atom is -0.492 e. The van der Waals surface area contributed by atoms with Gasteiger partial charge in [-0.1, -0.05) is 29.8 Å². The summed E-state index contributed by atoms with van der Waals surface area (Å²) in [5.74, 6) is 0.909. The fraction of sp³-hybridized carbons (Fsp3) is 0.231. The smallest absolute Gasteiger partial charge is 0.416 e. The quantitative estimate of drug-likeness (QED) is 0.312. The summed E-state index contributed by atoms with van der Waals surface area (Å²) < 4.78 is 47.5. The van der Waals surface area contributed by atoms with E-state index < -0.39 is 11.7 Å². The summed E-state index contributed by atoms with van der Waals surface area (Å²) in [5, 5.41) is 0.622. The molecule has 0 N–H and O–H groups in total. The number of hydrogen-bond acceptors (Lipinski definition) is 3. The van der Waals surface area contributed by atoms with Crippen LogP contribution in [0.25, 0.3) is 11.0 Å². The maximum Gasteiger partial charge on any atom is 0.416 e. The summed E-state index contributed by atoms with van der Waals surface area (Å²) in [6.45, 7) is 1.11. The monoisotopic (exact) mass is 499 g/mol. The van der Waals surface area contributed by atoms with Crippen molar-refractivity contribution < 1.29 is 22.7 Å². The minimum atomic E-state index is -4.48. The summed E-state index contributed by atoms with van der Waals surface area (Å²) >= 11 is 5.93. The van der Waals surface area contributed by atoms with E-state index in [0.29, 0.717) is 29.7 Å². The minimum absolute atomic E-state index is 0.164. The van der Waals surface area contributed by atoms with Gasteiger partial charge in [0.25, 0.3) is 0 Å². The molecule has 0 bridgehead atoms. The molecule has 9 heteroatoms. The van der Waals surface area contributed by atoms with Crippen LogP contribution in [0.2, 0.25) is 5.02 Å². The summed E-state index contributed by atoms with van der Waals surface area (Å²) in [5.41, 5.74) is 1.16. The molecule has 4 aromatic rings. The van der Waals surface area contributed by atoms with Gasteiger partial charge in [0.05, 0.1) is 23.1 Å². The first-order valence-corrected chi connectivity index (χ1v) is 11.5. The Balaban J connectivity index is 1.39. The zero-order valence-corrected chi connectivity index (χ0v) is 19.3. The van der Waals surface area contributed by atoms with Crippen molar-refractivity contribution in [3.8, 4) is 5.75 Å². The number of nitrogens with zero attached hydrogens (tertiary/aromatic N) is 3. The SMILES string of the molecule is O=C1C[C@@H](c2nc3ccccc3n2CCOc2ccc(Cl)cc2)CN1c1cccc(C(F)(F)F)c1. The fourth-order valence-electron chi connectivity index (χ4n) is 4.41. The van der Waals surface area contributed by atoms with E-state index in [0.717, 1.165) is 23.2 Å². The molecule has 35 heavy (non-hydrogen) atoms. The summed E-state index contributed by atoms with van der Waals surface area (Å²) in [6.07, 6.45) is -4.31. The van der Waals surface area contributed by atoms with Crippen molar-refractivity contribution in [2.75, 3.05) is 18.1 Å². The van der Waals surface area contributed by atoms with Gasteiger partial charge in [-0.2, -0.15) is 13.2 Å². The van der Waals surface area contributed by atoms with Crippen LogP contribution in [0.4, 0.5) is 18.9 Å². The topological polar surface area (TPSA) is 47.4 Å². The number of aromatic nitrogens is 2. The molecule has 0 saturated carbocycles. The average Bonchev–Trinajstić information content (AvgIpc) is 3.40. The molecule has 1 aliphatic rings. The number of alkyl halides is 3. The molecule has 0 aliphatic carbocycles. The van der Waals surface area contributed by atoms with E-state index in [1.54, 1.807) is 24.3 Å². The Morgan fingerprint density at radius 3 is 2.57 bits per heavy atom. The zero-order chi connectivity index (χ0) is 24.6. The van der Waals surface area contributed by atoms with Crippen molar-refractivity contribution in [2.24, 2.45) is 0 Å². The number of imidazole rings is 1. The van der Waals surface area contributed by atoms with Gasteiger partial charge in [-0.25, -0.2) is 4.98 Å². The lowest BCUT2D eigenvalue weighted by Crippen LogP contribution is -2.25. The lowest BCUT2D eigenvalue weighted by Gasteiger charge is -2.19. The van der Waals surface area contributed by atoms with Gasteiger partial charge in [0.15, 0.2) is 0 Å². The molecule has 0 unspecified atom stereocenters. The number of carbonyl (C=O) groups is 1. The highest BCUT2D eigenvalue weighted by Gasteiger charge is 2.36. The van der Waals surface area contributed by atoms with E-state index in [4.69, 9.17) is 21.3 Å². The van der Waals surface area contributed by atoms with E-state index in [2.05, 4.69) is 0 Å². The van der Waals surface area contributed by atoms with Gasteiger partial charge in [0, 0.05) is 29.6 Å². The van der Waals surface area contributed by atoms with E-state index in [1.807, 2.05) is 28.8 Å². The molecule has 2 heterocycles. The van der Waals surface area contributed by atoms with Crippen LogP contribution in [0.3, 0.4) is 0 Å². The first-order valence-electron chi connectivity index (χ1n) is 11.1. The third kappa shape index (κ3) is 4.84. The zero-order valence-electron chi connectivity index (χ0n) is 18.5. The molecule has 1 aliphatic heterocycles. The summed E-state index contributed by atoms with van der Waals surface area (Å²) in [4.78, 5) is 19.0. The standard InChI is InChI=1S/C26H21ClF3N3O2/c27-19-8-10-21(11-9-19)35-13-12-32-23-7-2-1-6-22(23)31-25(32)17-14-24(34)33(16-17)20-5-3-4-18(15-20)26(28,29)30/h1-11,15,17H,12-14,16H2/t17-/m1/s1. The lowest BCUT2D eigenvalue weighted by molar-refractivity contribution is -0.137. The lowest BCUT2D eigenvalue weighted by atomic mass is 10.1. The van der Waals surface area contributed by atoms with Gasteiger partial charge in [-0.15, -0.1) is 0 Å². The number of hydrogen-bond donors (Lipinski definition) is 0. The van der Waals surface area contributed by atoms with Crippen LogP contribution in [0, 0.1) is 0 Å². The summed E-state index contributed by atoms with van der Waals surface area (Å²) in [7, 11) is 0. The van der Waals surface area contributed by atoms with Gasteiger partial charge in [-0.3, -0.25) is 4.79 Å². The third-order valence-electron chi connectivity index (χ3n) is 6.06. The fourth-order valence-corrected chi connectivity index (χ4v) is 4.53. The van der Waals surface area contributed by atoms with Gasteiger partial charge >= 0.3 is 6.18 Å². The highest BCUT2D eigenvalue weighted by atomic mass is 35.5. The van der Waals surface area contributed by atoms with Crippen molar-refractivity contribution >= 4 is 34.2 Å². The highest BCUT2D eigenvalue weighted by molar-refractivity contribution is 6.30. The normalized spacial score (nSPS) is 16.3. The average molecular weight is 500 g/mol. The predicted molar refractivity (Wildman–Crippen MR) is 128 cm³/mol. The highest BCUT2D eigenvalue weighted by Crippen LogP contribution is 2.36. The number of para-hydroxylation sites is 2. The van der Waals surface area contributed by atoms with Crippen molar-refractivity contribution in [1.29, 1.82) is 0 Å². The third-order valence-corrected chi connectivity index (χ3v) is 6.31. The van der Waals surface area contributed by atoms with Crippen molar-refractivity contribution in [3.05, 3.63) is 89.2 Å². The number of amides is 1. The largest absolute Gasteiger partial charge is 0.492 e. The summed E-state index contributed by atoms with van der Waals surface area (Å²) in [6, 6.07) is 19.6. The molecule has 1 fully saturated rings. The Morgan fingerprint density at radius 1 is 1.03 bits per heavy atom. The molecule has 1 amide bonds. The van der Waals surface area contributed by atoms with Crippen LogP contribution in [0.15, 0.2) is 72.8 Å². The van der Waals surface area contributed by atoms with Crippen LogP contribution < -0.4 is 9.64 Å². The molecular weight excluding hydrogens is 479 g/mol. The van der Waals surface area contributed by atoms with Gasteiger partial charge in [-0.05, 0) is 54.6 Å². The number of fused-ring (bicyclic) bond motifs is 1. The number of carbonyl (C=O) groups excluding carboxylic acids is 1. The first kappa shape index (κ1) is 23.2. The van der Waals surface area contributed by atoms with Crippen LogP contribution >= 0.6 is 11.6 Å². The number of ether oxygens (including phenoxy) is 1. The second-order valence-electron chi connectivity index (χ2n) is 8.37. The molecule has 0 radical (unpaired) electrons. The van der Waals surface area contributed by atoms with Gasteiger partial charge in [0.2, 0.25) is 5.91 Å². The molecule has 5 nitrogen and oxygen atoms in total. The molecular formula is C26H21ClF3N3O2. The number of benzene rings is 3. The Labute approximate surface area is 204 Å². The number of anilines is 1. The van der Waals surface area contributed by atoms with Crippen LogP contribution in [0.5, 0.6) is 5.75 Å². The Morgan fingerprint density at radius 2 is 1.80 bits per heavy atom. The second-order valence-corrected chi connectivity index (χ2v) is 8.80. The predicted octanol–water partition coefficient (Wildman–Crippen LogP) is 6.31. The van der Waals surface area contributed by atoms with E-state index in [9.17, 15) is 18.0 Å². The molecule has 5 rings (SSSR count). The molecule has 1 saturated heterocycles. The molecule has 1 aromatic heterocycles. The Bertz CT molecular complexity index is 1370. The van der Waals surface area contributed by atoms with Gasteiger partial charge < -0.3 is 14.2 Å². The van der Waals surface area contributed by atoms with Crippen LogP contribution in [-0.4, -0.2) is 28.6 Å². The van der Waals surface area contributed by atoms with Crippen molar-refractivity contribution in [2.45, 2.75) is 25.1 Å². The number of halogens is 4. The molecule has 180 valence electrons. The first-order chi connectivity index (χ1) is 16.8. The van der Waals surface area contributed by atoms with Crippen LogP contribution in [-0.2, 0) is 17.5 Å². The Kier molecular flexibility index (Phi) is 6.15. The van der Waals surface area contributed by atoms with E-state index in [-0.39, 0.29) is 30.5 Å². The molecule has 0 spiro atoms. The maximum absolute atomic E-state index is 13.2. The molecule has 1 atom stereocenters.